The molecule has 2 aromatic carbocycles. The van der Waals surface area contributed by atoms with Gasteiger partial charge in [0, 0.05) is 31.0 Å². The summed E-state index contributed by atoms with van der Waals surface area (Å²) in [6.07, 6.45) is -0.472. The molecule has 10 nitrogen and oxygen atoms in total. The molecule has 0 radical (unpaired) electrons. The molecule has 0 bridgehead atoms. The van der Waals surface area contributed by atoms with Crippen LogP contribution in [0.4, 0.5) is 9.18 Å². The average Bonchev–Trinajstić information content (AvgIpc) is 3.16. The average molecular weight is 631 g/mol. The summed E-state index contributed by atoms with van der Waals surface area (Å²) in [5, 5.41) is 19.8. The van der Waals surface area contributed by atoms with E-state index in [1.807, 2.05) is 30.3 Å². The van der Waals surface area contributed by atoms with Crippen LogP contribution >= 0.6 is 15.9 Å². The molecule has 1 fully saturated rings. The number of benzene rings is 2. The molecule has 2 aromatic rings. The Morgan fingerprint density at radius 3 is 2.59 bits per heavy atom. The molecule has 2 atom stereocenters. The number of nitrogens with zero attached hydrogens (tertiary/aromatic N) is 3. The zero-order chi connectivity index (χ0) is 29.9. The van der Waals surface area contributed by atoms with Crippen LogP contribution in [0.5, 0.6) is 0 Å². The number of hydrogen-bond acceptors (Lipinski definition) is 5. The normalized spacial score (nSPS) is 19.3. The Bertz CT molecular complexity index is 1380. The summed E-state index contributed by atoms with van der Waals surface area (Å²) in [7, 11) is 1.60. The second kappa shape index (κ2) is 12.0. The van der Waals surface area contributed by atoms with Crippen molar-refractivity contribution in [1.82, 2.24) is 20.5 Å². The number of carboxylic acid groups (broad SMARTS) is 1. The quantitative estimate of drug-likeness (QED) is 0.391. The lowest BCUT2D eigenvalue weighted by molar-refractivity contribution is -0.142. The Morgan fingerprint density at radius 1 is 1.20 bits per heavy atom. The molecule has 0 aliphatic carbocycles. The highest BCUT2D eigenvalue weighted by Crippen LogP contribution is 2.38. The van der Waals surface area contributed by atoms with E-state index >= 15 is 0 Å². The standard InChI is InChI=1S/C29H33BrFN5O5/c1-28(2,33-27(40)41)25(38)32-22(12-9-19-15-20(30)10-11-21(19)31)24(37)36-14-13-23-29(17-36,26(39)35(3)34-23)16-18-7-5-4-6-8-18/h4-8,10-11,15,22,33H,9,12-14,16-17H2,1-3H3,(H,32,38)(H,40,41). The van der Waals surface area contributed by atoms with Gasteiger partial charge in [0.15, 0.2) is 0 Å². The summed E-state index contributed by atoms with van der Waals surface area (Å²) in [5.41, 5.74) is -0.586. The van der Waals surface area contributed by atoms with Crippen LogP contribution in [0.2, 0.25) is 0 Å². The van der Waals surface area contributed by atoms with E-state index < -0.39 is 40.7 Å². The SMILES string of the molecule is CN1N=C2CCN(C(=O)C(CCc3cc(Br)ccc3F)NC(=O)C(C)(C)NC(=O)O)CC2(Cc2ccccc2)C1=O. The number of rotatable bonds is 9. The molecule has 12 heteroatoms. The summed E-state index contributed by atoms with van der Waals surface area (Å²) in [5.74, 6) is -1.80. The van der Waals surface area contributed by atoms with Gasteiger partial charge >= 0.3 is 6.09 Å². The Kier molecular flexibility index (Phi) is 8.81. The zero-order valence-corrected chi connectivity index (χ0v) is 24.7. The first-order chi connectivity index (χ1) is 19.3. The summed E-state index contributed by atoms with van der Waals surface area (Å²) < 4.78 is 15.2. The number of halogens is 2. The number of amides is 4. The lowest BCUT2D eigenvalue weighted by atomic mass is 9.73. The number of likely N-dealkylation sites (tertiary alicyclic amines) is 1. The molecule has 2 heterocycles. The fraction of sp³-hybridized carbons (Fsp3) is 0.414. The van der Waals surface area contributed by atoms with Gasteiger partial charge in [-0.05, 0) is 62.4 Å². The van der Waals surface area contributed by atoms with E-state index in [9.17, 15) is 28.7 Å². The minimum absolute atomic E-state index is 0.0536. The van der Waals surface area contributed by atoms with Crippen LogP contribution in [-0.4, -0.2) is 76.3 Å². The van der Waals surface area contributed by atoms with Gasteiger partial charge in [-0.15, -0.1) is 0 Å². The van der Waals surface area contributed by atoms with Gasteiger partial charge in [-0.2, -0.15) is 5.10 Å². The van der Waals surface area contributed by atoms with Gasteiger partial charge < -0.3 is 20.6 Å². The number of hydrogen-bond donors (Lipinski definition) is 3. The number of carbonyl (C=O) groups is 4. The van der Waals surface area contributed by atoms with Crippen LogP contribution in [-0.2, 0) is 27.2 Å². The predicted octanol–water partition coefficient (Wildman–Crippen LogP) is 3.34. The molecule has 41 heavy (non-hydrogen) atoms. The van der Waals surface area contributed by atoms with E-state index in [0.29, 0.717) is 28.6 Å². The number of nitrogens with one attached hydrogen (secondary N) is 2. The molecule has 0 spiro atoms. The van der Waals surface area contributed by atoms with Crippen LogP contribution in [0.25, 0.3) is 0 Å². The minimum atomic E-state index is -1.54. The maximum absolute atomic E-state index is 14.5. The second-order valence-electron chi connectivity index (χ2n) is 11.0. The molecule has 218 valence electrons. The molecular formula is C29H33BrFN5O5. The molecule has 2 aliphatic heterocycles. The molecule has 1 saturated heterocycles. The van der Waals surface area contributed by atoms with E-state index in [4.69, 9.17) is 0 Å². The van der Waals surface area contributed by atoms with E-state index in [2.05, 4.69) is 31.7 Å². The number of piperidine rings is 1. The lowest BCUT2D eigenvalue weighted by Gasteiger charge is -2.41. The third-order valence-electron chi connectivity index (χ3n) is 7.57. The number of fused-ring (bicyclic) bond motifs is 1. The van der Waals surface area contributed by atoms with Crippen LogP contribution in [0.1, 0.15) is 37.8 Å². The van der Waals surface area contributed by atoms with E-state index in [1.165, 1.54) is 24.9 Å². The molecule has 2 aliphatic rings. The summed E-state index contributed by atoms with van der Waals surface area (Å²) in [6, 6.07) is 12.9. The Balaban J connectivity index is 1.61. The fourth-order valence-corrected chi connectivity index (χ4v) is 5.80. The van der Waals surface area contributed by atoms with Crippen molar-refractivity contribution >= 4 is 45.5 Å². The van der Waals surface area contributed by atoms with Crippen molar-refractivity contribution in [2.45, 2.75) is 51.1 Å². The van der Waals surface area contributed by atoms with Gasteiger partial charge in [0.1, 0.15) is 22.8 Å². The largest absolute Gasteiger partial charge is 0.465 e. The van der Waals surface area contributed by atoms with Gasteiger partial charge in [0.05, 0.1) is 5.71 Å². The van der Waals surface area contributed by atoms with Crippen molar-refractivity contribution in [2.24, 2.45) is 10.5 Å². The zero-order valence-electron chi connectivity index (χ0n) is 23.1. The third-order valence-corrected chi connectivity index (χ3v) is 8.06. The molecule has 0 aromatic heterocycles. The molecule has 0 saturated carbocycles. The molecule has 4 rings (SSSR count). The van der Waals surface area contributed by atoms with Gasteiger partial charge in [-0.3, -0.25) is 14.4 Å². The first-order valence-corrected chi connectivity index (χ1v) is 14.1. The van der Waals surface area contributed by atoms with Crippen LogP contribution in [0, 0.1) is 11.2 Å². The van der Waals surface area contributed by atoms with Crippen LogP contribution in [0.3, 0.4) is 0 Å². The number of aryl methyl sites for hydroxylation is 1. The molecule has 4 amide bonds. The lowest BCUT2D eigenvalue weighted by Crippen LogP contribution is -2.61. The molecule has 2 unspecified atom stereocenters. The van der Waals surface area contributed by atoms with Crippen molar-refractivity contribution in [3.63, 3.8) is 0 Å². The fourth-order valence-electron chi connectivity index (χ4n) is 5.39. The maximum Gasteiger partial charge on any atom is 0.405 e. The van der Waals surface area contributed by atoms with Gasteiger partial charge in [0.2, 0.25) is 11.8 Å². The van der Waals surface area contributed by atoms with Crippen molar-refractivity contribution in [3.8, 4) is 0 Å². The second-order valence-corrected chi connectivity index (χ2v) is 11.9. The van der Waals surface area contributed by atoms with Crippen molar-refractivity contribution in [2.75, 3.05) is 20.1 Å². The third kappa shape index (κ3) is 6.58. The smallest absolute Gasteiger partial charge is 0.405 e. The first-order valence-electron chi connectivity index (χ1n) is 13.3. The van der Waals surface area contributed by atoms with E-state index in [-0.39, 0.29) is 31.8 Å². The van der Waals surface area contributed by atoms with Crippen LogP contribution in [0.15, 0.2) is 58.1 Å². The van der Waals surface area contributed by atoms with Gasteiger partial charge in [-0.1, -0.05) is 46.3 Å². The van der Waals surface area contributed by atoms with Gasteiger partial charge in [0.25, 0.3) is 5.91 Å². The summed E-state index contributed by atoms with van der Waals surface area (Å²) in [4.78, 5) is 53.5. The highest BCUT2D eigenvalue weighted by molar-refractivity contribution is 9.10. The molecular weight excluding hydrogens is 597 g/mol. The van der Waals surface area contributed by atoms with Crippen LogP contribution < -0.4 is 10.6 Å². The topological polar surface area (TPSA) is 131 Å². The predicted molar refractivity (Wildman–Crippen MR) is 154 cm³/mol. The van der Waals surface area contributed by atoms with Gasteiger partial charge in [-0.25, -0.2) is 14.2 Å². The minimum Gasteiger partial charge on any atom is -0.465 e. The Morgan fingerprint density at radius 2 is 1.90 bits per heavy atom. The van der Waals surface area contributed by atoms with Crippen molar-refractivity contribution < 1.29 is 28.7 Å². The Hall–Kier alpha value is -3.80. The van der Waals surface area contributed by atoms with Crippen molar-refractivity contribution in [3.05, 3.63) is 69.9 Å². The number of carbonyl (C=O) groups excluding carboxylic acids is 3. The summed E-state index contributed by atoms with van der Waals surface area (Å²) >= 11 is 3.33. The maximum atomic E-state index is 14.5. The molecule has 3 N–H and O–H groups in total. The highest BCUT2D eigenvalue weighted by atomic mass is 79.9. The Labute approximate surface area is 246 Å². The van der Waals surface area contributed by atoms with E-state index in [0.717, 1.165) is 5.56 Å². The number of hydrazone groups is 1. The van der Waals surface area contributed by atoms with E-state index in [1.54, 1.807) is 24.1 Å². The highest BCUT2D eigenvalue weighted by Gasteiger charge is 2.54. The van der Waals surface area contributed by atoms with Crippen molar-refractivity contribution in [1.29, 1.82) is 0 Å². The monoisotopic (exact) mass is 629 g/mol. The summed E-state index contributed by atoms with van der Waals surface area (Å²) in [6.45, 7) is 3.12. The first kappa shape index (κ1) is 30.2.